The molecule has 0 saturated heterocycles. The summed E-state index contributed by atoms with van der Waals surface area (Å²) in [5.41, 5.74) is 1.31. The first-order valence-corrected chi connectivity index (χ1v) is 5.51. The van der Waals surface area contributed by atoms with E-state index in [1.807, 2.05) is 6.92 Å². The lowest BCUT2D eigenvalue weighted by Crippen LogP contribution is -2.27. The van der Waals surface area contributed by atoms with Gasteiger partial charge in [-0.2, -0.15) is 5.10 Å². The summed E-state index contributed by atoms with van der Waals surface area (Å²) >= 11 is 0. The van der Waals surface area contributed by atoms with Gasteiger partial charge in [-0.3, -0.25) is 9.48 Å². The lowest BCUT2D eigenvalue weighted by Gasteiger charge is -2.08. The minimum Gasteiger partial charge on any atom is -0.393 e. The highest BCUT2D eigenvalue weighted by atomic mass is 16.3. The third-order valence-electron chi connectivity index (χ3n) is 2.49. The molecule has 0 spiro atoms. The van der Waals surface area contributed by atoms with Crippen molar-refractivity contribution in [2.45, 2.75) is 32.8 Å². The van der Waals surface area contributed by atoms with Gasteiger partial charge in [0.25, 0.3) is 5.91 Å². The second-order valence-corrected chi connectivity index (χ2v) is 3.91. The molecule has 0 aliphatic carbocycles. The second-order valence-electron chi connectivity index (χ2n) is 3.91. The van der Waals surface area contributed by atoms with Crippen LogP contribution in [0.15, 0.2) is 6.20 Å². The molecule has 5 heteroatoms. The summed E-state index contributed by atoms with van der Waals surface area (Å²) < 4.78 is 1.62. The van der Waals surface area contributed by atoms with E-state index in [-0.39, 0.29) is 12.0 Å². The molecular weight excluding hydrogens is 206 g/mol. The van der Waals surface area contributed by atoms with Crippen molar-refractivity contribution in [1.82, 2.24) is 15.1 Å². The number of amides is 1. The smallest absolute Gasteiger partial charge is 0.254 e. The highest BCUT2D eigenvalue weighted by molar-refractivity contribution is 5.94. The molecule has 1 heterocycles. The molecule has 5 nitrogen and oxygen atoms in total. The number of nitrogens with zero attached hydrogens (tertiary/aromatic N) is 2. The molecule has 0 fully saturated rings. The summed E-state index contributed by atoms with van der Waals surface area (Å²) in [5, 5.41) is 16.2. The fraction of sp³-hybridized carbons (Fsp3) is 0.636. The zero-order chi connectivity index (χ0) is 12.1. The van der Waals surface area contributed by atoms with Gasteiger partial charge in [0, 0.05) is 19.8 Å². The Hall–Kier alpha value is -1.36. The van der Waals surface area contributed by atoms with E-state index in [4.69, 9.17) is 0 Å². The summed E-state index contributed by atoms with van der Waals surface area (Å²) in [4.78, 5) is 11.7. The average Bonchev–Trinajstić information content (AvgIpc) is 2.57. The first kappa shape index (κ1) is 12.7. The van der Waals surface area contributed by atoms with E-state index >= 15 is 0 Å². The molecule has 1 atom stereocenters. The molecule has 0 aliphatic heterocycles. The third-order valence-corrected chi connectivity index (χ3v) is 2.49. The minimum absolute atomic E-state index is 0.131. The van der Waals surface area contributed by atoms with E-state index in [0.717, 1.165) is 5.69 Å². The Kier molecular flexibility index (Phi) is 4.49. The number of aryl methyl sites for hydroxylation is 2. The van der Waals surface area contributed by atoms with Gasteiger partial charge >= 0.3 is 0 Å². The topological polar surface area (TPSA) is 67.2 Å². The Labute approximate surface area is 95.5 Å². The van der Waals surface area contributed by atoms with E-state index in [1.54, 1.807) is 24.9 Å². The Morgan fingerprint density at radius 2 is 2.38 bits per heavy atom. The van der Waals surface area contributed by atoms with Gasteiger partial charge in [0.2, 0.25) is 0 Å². The summed E-state index contributed by atoms with van der Waals surface area (Å²) in [7, 11) is 1.78. The molecule has 0 radical (unpaired) electrons. The van der Waals surface area contributed by atoms with E-state index < -0.39 is 0 Å². The molecule has 1 unspecified atom stereocenters. The molecule has 0 bridgehead atoms. The Bertz CT molecular complexity index is 360. The van der Waals surface area contributed by atoms with Crippen molar-refractivity contribution in [2.75, 3.05) is 6.54 Å². The van der Waals surface area contributed by atoms with E-state index in [1.165, 1.54) is 0 Å². The van der Waals surface area contributed by atoms with Gasteiger partial charge < -0.3 is 10.4 Å². The van der Waals surface area contributed by atoms with Gasteiger partial charge in [-0.1, -0.05) is 6.92 Å². The summed E-state index contributed by atoms with van der Waals surface area (Å²) in [5.74, 6) is -0.131. The maximum atomic E-state index is 11.7. The van der Waals surface area contributed by atoms with Crippen LogP contribution in [0.2, 0.25) is 0 Å². The maximum absolute atomic E-state index is 11.7. The quantitative estimate of drug-likeness (QED) is 0.772. The zero-order valence-corrected chi connectivity index (χ0v) is 10.0. The zero-order valence-electron chi connectivity index (χ0n) is 10.0. The highest BCUT2D eigenvalue weighted by Gasteiger charge is 2.12. The van der Waals surface area contributed by atoms with Gasteiger partial charge in [-0.15, -0.1) is 0 Å². The Morgan fingerprint density at radius 3 is 2.88 bits per heavy atom. The molecule has 1 aromatic heterocycles. The highest BCUT2D eigenvalue weighted by Crippen LogP contribution is 2.04. The molecule has 90 valence electrons. The van der Waals surface area contributed by atoms with E-state index in [2.05, 4.69) is 10.4 Å². The summed E-state index contributed by atoms with van der Waals surface area (Å²) in [6.07, 6.45) is 2.65. The number of aliphatic hydroxyl groups excluding tert-OH is 1. The third kappa shape index (κ3) is 3.34. The fourth-order valence-electron chi connectivity index (χ4n) is 1.47. The lowest BCUT2D eigenvalue weighted by molar-refractivity contribution is 0.0941. The number of carbonyl (C=O) groups excluding carboxylic acids is 1. The molecule has 0 aliphatic rings. The maximum Gasteiger partial charge on any atom is 0.254 e. The van der Waals surface area contributed by atoms with E-state index in [9.17, 15) is 9.90 Å². The number of aromatic nitrogens is 2. The number of aliphatic hydroxyl groups is 1. The second kappa shape index (κ2) is 5.65. The molecular formula is C11H19N3O2. The monoisotopic (exact) mass is 225 g/mol. The van der Waals surface area contributed by atoms with Crippen molar-refractivity contribution in [3.8, 4) is 0 Å². The molecule has 1 amide bonds. The average molecular weight is 225 g/mol. The number of hydrogen-bond donors (Lipinski definition) is 2. The normalized spacial score (nSPS) is 12.5. The van der Waals surface area contributed by atoms with Gasteiger partial charge in [-0.25, -0.2) is 0 Å². The standard InChI is InChI=1S/C11H19N3O2/c1-4-9(15)5-6-12-11(16)10-7-14(3)13-8(10)2/h7,9,15H,4-6H2,1-3H3,(H,12,16). The van der Waals surface area contributed by atoms with Crippen LogP contribution in [-0.4, -0.2) is 33.4 Å². The fourth-order valence-corrected chi connectivity index (χ4v) is 1.47. The van der Waals surface area contributed by atoms with Gasteiger partial charge in [0.1, 0.15) is 0 Å². The van der Waals surface area contributed by atoms with Gasteiger partial charge in [0.15, 0.2) is 0 Å². The number of nitrogens with one attached hydrogen (secondary N) is 1. The van der Waals surface area contributed by atoms with Crippen LogP contribution in [0.25, 0.3) is 0 Å². The van der Waals surface area contributed by atoms with Crippen molar-refractivity contribution >= 4 is 5.91 Å². The lowest BCUT2D eigenvalue weighted by atomic mass is 10.2. The van der Waals surface area contributed by atoms with Crippen LogP contribution < -0.4 is 5.32 Å². The number of hydrogen-bond acceptors (Lipinski definition) is 3. The molecule has 2 N–H and O–H groups in total. The van der Waals surface area contributed by atoms with Crippen molar-refractivity contribution in [3.05, 3.63) is 17.5 Å². The SMILES string of the molecule is CCC(O)CCNC(=O)c1cn(C)nc1C. The molecule has 0 aromatic carbocycles. The van der Waals surface area contributed by atoms with Crippen LogP contribution in [0.5, 0.6) is 0 Å². The minimum atomic E-state index is -0.338. The van der Waals surface area contributed by atoms with Crippen LogP contribution >= 0.6 is 0 Å². The van der Waals surface area contributed by atoms with Gasteiger partial charge in [0.05, 0.1) is 17.4 Å². The number of rotatable bonds is 5. The van der Waals surface area contributed by atoms with Crippen molar-refractivity contribution < 1.29 is 9.90 Å². The van der Waals surface area contributed by atoms with Crippen molar-refractivity contribution in [2.24, 2.45) is 7.05 Å². The van der Waals surface area contributed by atoms with Crippen LogP contribution in [0.1, 0.15) is 35.8 Å². The largest absolute Gasteiger partial charge is 0.393 e. The van der Waals surface area contributed by atoms with Gasteiger partial charge in [-0.05, 0) is 19.8 Å². The van der Waals surface area contributed by atoms with Crippen LogP contribution in [0, 0.1) is 6.92 Å². The Morgan fingerprint density at radius 1 is 1.69 bits per heavy atom. The summed E-state index contributed by atoms with van der Waals surface area (Å²) in [6, 6.07) is 0. The first-order chi connectivity index (χ1) is 7.54. The van der Waals surface area contributed by atoms with Crippen LogP contribution in [0.4, 0.5) is 0 Å². The van der Waals surface area contributed by atoms with Crippen LogP contribution in [-0.2, 0) is 7.05 Å². The molecule has 1 rings (SSSR count). The molecule has 0 saturated carbocycles. The van der Waals surface area contributed by atoms with Crippen molar-refractivity contribution in [1.29, 1.82) is 0 Å². The summed E-state index contributed by atoms with van der Waals surface area (Å²) in [6.45, 7) is 4.20. The molecule has 16 heavy (non-hydrogen) atoms. The predicted octanol–water partition coefficient (Wildman–Crippen LogP) is 0.619. The van der Waals surface area contributed by atoms with E-state index in [0.29, 0.717) is 24.9 Å². The molecule has 1 aromatic rings. The first-order valence-electron chi connectivity index (χ1n) is 5.51. The van der Waals surface area contributed by atoms with Crippen LogP contribution in [0.3, 0.4) is 0 Å². The Balaban J connectivity index is 2.44. The number of carbonyl (C=O) groups is 1. The predicted molar refractivity (Wildman–Crippen MR) is 61.2 cm³/mol. The van der Waals surface area contributed by atoms with Crippen molar-refractivity contribution in [3.63, 3.8) is 0 Å².